The summed E-state index contributed by atoms with van der Waals surface area (Å²) in [5.41, 5.74) is 0. The SMILES string of the molecule is CCNC(=NCC(C)Cn1cccn1)NC1CC1C.I. The maximum absolute atomic E-state index is 4.66. The third-order valence-electron chi connectivity index (χ3n) is 3.39. The molecule has 0 spiro atoms. The van der Waals surface area contributed by atoms with Gasteiger partial charge in [-0.1, -0.05) is 13.8 Å². The fourth-order valence-electron chi connectivity index (χ4n) is 2.05. The maximum atomic E-state index is 4.66. The Balaban J connectivity index is 0.00000200. The Bertz CT molecular complexity index is 404. The van der Waals surface area contributed by atoms with E-state index in [2.05, 4.69) is 41.5 Å². The second-order valence-corrected chi connectivity index (χ2v) is 5.52. The van der Waals surface area contributed by atoms with Gasteiger partial charge in [-0.25, -0.2) is 0 Å². The van der Waals surface area contributed by atoms with Gasteiger partial charge >= 0.3 is 0 Å². The molecule has 1 aliphatic carbocycles. The Morgan fingerprint density at radius 3 is 2.85 bits per heavy atom. The van der Waals surface area contributed by atoms with E-state index in [1.54, 1.807) is 0 Å². The van der Waals surface area contributed by atoms with Crippen LogP contribution < -0.4 is 10.6 Å². The van der Waals surface area contributed by atoms with Crippen LogP contribution in [0.2, 0.25) is 0 Å². The van der Waals surface area contributed by atoms with Crippen molar-refractivity contribution in [3.63, 3.8) is 0 Å². The summed E-state index contributed by atoms with van der Waals surface area (Å²) in [4.78, 5) is 4.66. The van der Waals surface area contributed by atoms with Gasteiger partial charge in [-0.15, -0.1) is 24.0 Å². The lowest BCUT2D eigenvalue weighted by molar-refractivity contribution is 0.458. The zero-order valence-corrected chi connectivity index (χ0v) is 14.9. The highest BCUT2D eigenvalue weighted by atomic mass is 127. The highest BCUT2D eigenvalue weighted by Crippen LogP contribution is 2.28. The fourth-order valence-corrected chi connectivity index (χ4v) is 2.05. The van der Waals surface area contributed by atoms with Crippen LogP contribution in [-0.2, 0) is 6.54 Å². The van der Waals surface area contributed by atoms with E-state index in [4.69, 9.17) is 0 Å². The summed E-state index contributed by atoms with van der Waals surface area (Å²) in [5, 5.41) is 11.0. The Morgan fingerprint density at radius 2 is 2.30 bits per heavy atom. The smallest absolute Gasteiger partial charge is 0.191 e. The van der Waals surface area contributed by atoms with Crippen molar-refractivity contribution in [3.8, 4) is 0 Å². The molecule has 6 heteroatoms. The second kappa shape index (κ2) is 8.49. The van der Waals surface area contributed by atoms with Gasteiger partial charge in [0.25, 0.3) is 0 Å². The summed E-state index contributed by atoms with van der Waals surface area (Å²) in [5.74, 6) is 2.21. The van der Waals surface area contributed by atoms with Crippen LogP contribution in [0.4, 0.5) is 0 Å². The Morgan fingerprint density at radius 1 is 1.55 bits per heavy atom. The number of hydrogen-bond donors (Lipinski definition) is 2. The molecule has 0 amide bonds. The quantitative estimate of drug-likeness (QED) is 0.444. The number of nitrogens with one attached hydrogen (secondary N) is 2. The average Bonchev–Trinajstić information content (AvgIpc) is 2.87. The molecule has 1 saturated carbocycles. The van der Waals surface area contributed by atoms with Crippen LogP contribution in [-0.4, -0.2) is 34.9 Å². The summed E-state index contributed by atoms with van der Waals surface area (Å²) in [7, 11) is 0. The lowest BCUT2D eigenvalue weighted by Crippen LogP contribution is -2.39. The number of rotatable bonds is 6. The molecular formula is C14H26IN5. The van der Waals surface area contributed by atoms with Gasteiger partial charge < -0.3 is 10.6 Å². The first kappa shape index (κ1) is 17.3. The summed E-state index contributed by atoms with van der Waals surface area (Å²) in [6.45, 7) is 9.20. The monoisotopic (exact) mass is 391 g/mol. The highest BCUT2D eigenvalue weighted by molar-refractivity contribution is 14.0. The highest BCUT2D eigenvalue weighted by Gasteiger charge is 2.33. The van der Waals surface area contributed by atoms with Crippen molar-refractivity contribution in [2.24, 2.45) is 16.8 Å². The molecule has 0 saturated heterocycles. The molecular weight excluding hydrogens is 365 g/mol. The molecule has 0 aromatic carbocycles. The number of halogens is 1. The van der Waals surface area contributed by atoms with Gasteiger partial charge in [0.2, 0.25) is 0 Å². The van der Waals surface area contributed by atoms with Crippen LogP contribution in [0.25, 0.3) is 0 Å². The summed E-state index contributed by atoms with van der Waals surface area (Å²) in [6, 6.07) is 2.56. The van der Waals surface area contributed by atoms with Crippen LogP contribution in [0.15, 0.2) is 23.5 Å². The van der Waals surface area contributed by atoms with E-state index in [1.165, 1.54) is 6.42 Å². The molecule has 1 aromatic rings. The minimum atomic E-state index is 0. The van der Waals surface area contributed by atoms with Gasteiger partial charge in [-0.3, -0.25) is 9.67 Å². The lowest BCUT2D eigenvalue weighted by atomic mass is 10.2. The summed E-state index contributed by atoms with van der Waals surface area (Å²) < 4.78 is 1.96. The molecule has 0 aliphatic heterocycles. The molecule has 5 nitrogen and oxygen atoms in total. The molecule has 114 valence electrons. The van der Waals surface area contributed by atoms with Crippen molar-refractivity contribution in [1.82, 2.24) is 20.4 Å². The van der Waals surface area contributed by atoms with E-state index in [9.17, 15) is 0 Å². The van der Waals surface area contributed by atoms with Crippen LogP contribution in [0.3, 0.4) is 0 Å². The first-order chi connectivity index (χ1) is 9.19. The lowest BCUT2D eigenvalue weighted by Gasteiger charge is -2.13. The Labute approximate surface area is 138 Å². The van der Waals surface area contributed by atoms with Gasteiger partial charge in [0.1, 0.15) is 0 Å². The predicted octanol–water partition coefficient (Wildman–Crippen LogP) is 2.10. The third-order valence-corrected chi connectivity index (χ3v) is 3.39. The van der Waals surface area contributed by atoms with E-state index in [0.717, 1.165) is 31.5 Å². The van der Waals surface area contributed by atoms with Crippen molar-refractivity contribution in [2.75, 3.05) is 13.1 Å². The van der Waals surface area contributed by atoms with Crippen LogP contribution >= 0.6 is 24.0 Å². The van der Waals surface area contributed by atoms with Gasteiger partial charge in [-0.2, -0.15) is 5.10 Å². The first-order valence-corrected chi connectivity index (χ1v) is 7.21. The fraction of sp³-hybridized carbons (Fsp3) is 0.714. The second-order valence-electron chi connectivity index (χ2n) is 5.52. The predicted molar refractivity (Wildman–Crippen MR) is 93.5 cm³/mol. The third kappa shape index (κ3) is 5.68. The zero-order chi connectivity index (χ0) is 13.7. The van der Waals surface area contributed by atoms with Crippen LogP contribution in [0.1, 0.15) is 27.2 Å². The molecule has 3 unspecified atom stereocenters. The molecule has 2 N–H and O–H groups in total. The standard InChI is InChI=1S/C14H25N5.HI/c1-4-15-14(18-13-8-12(13)3)16-9-11(2)10-19-7-5-6-17-19;/h5-7,11-13H,4,8-10H2,1-3H3,(H2,15,16,18);1H. The van der Waals surface area contributed by atoms with Crippen molar-refractivity contribution < 1.29 is 0 Å². The Hall–Kier alpha value is -0.790. The van der Waals surface area contributed by atoms with Gasteiger partial charge in [0.05, 0.1) is 0 Å². The minimum Gasteiger partial charge on any atom is -0.357 e. The number of hydrogen-bond acceptors (Lipinski definition) is 2. The van der Waals surface area contributed by atoms with Crippen molar-refractivity contribution in [3.05, 3.63) is 18.5 Å². The normalized spacial score (nSPS) is 22.9. The van der Waals surface area contributed by atoms with Crippen molar-refractivity contribution in [1.29, 1.82) is 0 Å². The van der Waals surface area contributed by atoms with E-state index in [1.807, 2.05) is 23.1 Å². The molecule has 3 atom stereocenters. The first-order valence-electron chi connectivity index (χ1n) is 7.21. The maximum Gasteiger partial charge on any atom is 0.191 e. The summed E-state index contributed by atoms with van der Waals surface area (Å²) in [6.07, 6.45) is 5.07. The molecule has 2 rings (SSSR count). The average molecular weight is 391 g/mol. The van der Waals surface area contributed by atoms with Gasteiger partial charge in [-0.05, 0) is 31.2 Å². The molecule has 1 heterocycles. The number of nitrogens with zero attached hydrogens (tertiary/aromatic N) is 3. The number of aliphatic imine (C=N–C) groups is 1. The molecule has 1 fully saturated rings. The summed E-state index contributed by atoms with van der Waals surface area (Å²) >= 11 is 0. The molecule has 0 radical (unpaired) electrons. The molecule has 0 bridgehead atoms. The topological polar surface area (TPSA) is 54.2 Å². The van der Waals surface area contributed by atoms with E-state index in [-0.39, 0.29) is 24.0 Å². The van der Waals surface area contributed by atoms with Gasteiger partial charge in [0, 0.05) is 38.1 Å². The van der Waals surface area contributed by atoms with E-state index < -0.39 is 0 Å². The van der Waals surface area contributed by atoms with Crippen molar-refractivity contribution >= 4 is 29.9 Å². The number of aromatic nitrogens is 2. The molecule has 1 aliphatic rings. The minimum absolute atomic E-state index is 0. The van der Waals surface area contributed by atoms with Crippen LogP contribution in [0.5, 0.6) is 0 Å². The Kier molecular flexibility index (Phi) is 7.32. The largest absolute Gasteiger partial charge is 0.357 e. The number of guanidine groups is 1. The van der Waals surface area contributed by atoms with Crippen molar-refractivity contribution in [2.45, 2.75) is 39.8 Å². The van der Waals surface area contributed by atoms with Crippen LogP contribution in [0, 0.1) is 11.8 Å². The molecule has 20 heavy (non-hydrogen) atoms. The molecule has 1 aromatic heterocycles. The zero-order valence-electron chi connectivity index (χ0n) is 12.5. The van der Waals surface area contributed by atoms with E-state index >= 15 is 0 Å². The van der Waals surface area contributed by atoms with Gasteiger partial charge in [0.15, 0.2) is 5.96 Å². The van der Waals surface area contributed by atoms with E-state index in [0.29, 0.717) is 12.0 Å².